The molecule has 1 aliphatic rings. The van der Waals surface area contributed by atoms with Crippen LogP contribution in [-0.2, 0) is 27.6 Å². The topological polar surface area (TPSA) is 91.2 Å². The number of imidazole rings is 1. The van der Waals surface area contributed by atoms with Crippen molar-refractivity contribution in [2.24, 2.45) is 11.3 Å². The molecule has 2 aromatic rings. The molecule has 1 heterocycles. The van der Waals surface area contributed by atoms with Gasteiger partial charge >= 0.3 is 6.18 Å². The van der Waals surface area contributed by atoms with Gasteiger partial charge in [0.15, 0.2) is 0 Å². The van der Waals surface area contributed by atoms with Crippen LogP contribution in [0.25, 0.3) is 11.0 Å². The number of fused-ring (bicyclic) bond motifs is 1. The van der Waals surface area contributed by atoms with Crippen LogP contribution in [0.3, 0.4) is 0 Å². The minimum atomic E-state index is -4.52. The maximum atomic E-state index is 14.1. The minimum Gasteiger partial charge on any atom is -0.598 e. The zero-order valence-electron chi connectivity index (χ0n) is 27.6. The third-order valence-corrected chi connectivity index (χ3v) is 11.3. The summed E-state index contributed by atoms with van der Waals surface area (Å²) in [5.74, 6) is -0.0357. The number of carbonyl (C=O) groups excluding carboxylic acids is 1. The Hall–Kier alpha value is -1.74. The first-order valence-corrected chi connectivity index (χ1v) is 20.3. The van der Waals surface area contributed by atoms with E-state index in [0.717, 1.165) is 38.3 Å². The number of alkyl halides is 5. The summed E-state index contributed by atoms with van der Waals surface area (Å²) in [5, 5.41) is 2.92. The quantitative estimate of drug-likeness (QED) is 0.0811. The zero-order valence-corrected chi connectivity index (χ0v) is 29.4. The number of halogens is 5. The van der Waals surface area contributed by atoms with Gasteiger partial charge in [-0.25, -0.2) is 13.8 Å². The van der Waals surface area contributed by atoms with Gasteiger partial charge in [-0.2, -0.15) is 13.2 Å². The number of nitrogens with zero attached hydrogens (tertiary/aromatic N) is 2. The Morgan fingerprint density at radius 1 is 1.16 bits per heavy atom. The van der Waals surface area contributed by atoms with E-state index in [1.54, 1.807) is 37.5 Å². The number of benzene rings is 1. The van der Waals surface area contributed by atoms with Gasteiger partial charge in [-0.3, -0.25) is 4.79 Å². The van der Waals surface area contributed by atoms with Crippen LogP contribution in [0, 0.1) is 11.3 Å². The maximum absolute atomic E-state index is 14.1. The fourth-order valence-electron chi connectivity index (χ4n) is 4.79. The molecule has 0 unspecified atom stereocenters. The fraction of sp³-hybridized carbons (Fsp3) is 0.742. The van der Waals surface area contributed by atoms with Gasteiger partial charge in [-0.05, 0) is 69.7 Å². The van der Waals surface area contributed by atoms with Gasteiger partial charge in [0.2, 0.25) is 12.3 Å². The Kier molecular flexibility index (Phi) is 12.2. The minimum absolute atomic E-state index is 0.0153. The molecular weight excluding hydrogens is 632 g/mol. The highest BCUT2D eigenvalue weighted by molar-refractivity contribution is 7.90. The van der Waals surface area contributed by atoms with Crippen LogP contribution >= 0.6 is 0 Å². The number of ether oxygens (including phenoxy) is 1. The molecular formula is C31H49F5N4O3SSi. The van der Waals surface area contributed by atoms with Gasteiger partial charge in [0.1, 0.15) is 23.3 Å². The van der Waals surface area contributed by atoms with Crippen LogP contribution in [-0.4, -0.2) is 52.0 Å². The Labute approximate surface area is 267 Å². The second-order valence-corrected chi connectivity index (χ2v) is 22.6. The van der Waals surface area contributed by atoms with Crippen molar-refractivity contribution in [3.8, 4) is 0 Å². The molecule has 2 N–H and O–H groups in total. The molecule has 1 saturated carbocycles. The van der Waals surface area contributed by atoms with Crippen LogP contribution in [0.1, 0.15) is 90.2 Å². The standard InChI is InChI=1S/C31H49F5N4O3SSi/c1-29(2,3)44(42)39-23(18-30(4,5)31(34,35)36)28-37-22-12-11-21(17-24(22)40(28)19-43-15-16-45(6,7)8)27(20-9-10-20)38-26(41)14-13-25(32)33/h11-12,17,20,23,25,27,39H,9-10,13-16,18-19H2,1-8H3,(H,38,41)/t23-,27+,44+/m0/s1. The number of nitrogens with one attached hydrogen (secondary N) is 2. The first kappa shape index (κ1) is 37.7. The average molecular weight is 681 g/mol. The van der Waals surface area contributed by atoms with Crippen LogP contribution in [0.5, 0.6) is 0 Å². The molecule has 45 heavy (non-hydrogen) atoms. The van der Waals surface area contributed by atoms with E-state index < -0.39 is 73.0 Å². The van der Waals surface area contributed by atoms with Gasteiger partial charge in [-0.15, -0.1) is 4.72 Å². The van der Waals surface area contributed by atoms with Crippen molar-refractivity contribution in [3.05, 3.63) is 29.6 Å². The number of rotatable bonds is 16. The van der Waals surface area contributed by atoms with Crippen molar-refractivity contribution >= 4 is 36.4 Å². The summed E-state index contributed by atoms with van der Waals surface area (Å²) in [6.45, 7) is 14.6. The molecule has 1 aliphatic carbocycles. The largest absolute Gasteiger partial charge is 0.598 e. The smallest absolute Gasteiger partial charge is 0.394 e. The Balaban J connectivity index is 2.09. The lowest BCUT2D eigenvalue weighted by Crippen LogP contribution is -2.45. The van der Waals surface area contributed by atoms with Gasteiger partial charge < -0.3 is 19.2 Å². The Morgan fingerprint density at radius 2 is 1.80 bits per heavy atom. The van der Waals surface area contributed by atoms with E-state index in [9.17, 15) is 31.3 Å². The number of amides is 1. The lowest BCUT2D eigenvalue weighted by molar-refractivity contribution is -0.215. The van der Waals surface area contributed by atoms with Crippen molar-refractivity contribution in [1.82, 2.24) is 19.6 Å². The summed E-state index contributed by atoms with van der Waals surface area (Å²) < 4.78 is 91.2. The van der Waals surface area contributed by atoms with Crippen molar-refractivity contribution in [2.75, 3.05) is 6.61 Å². The molecule has 3 rings (SSSR count). The molecule has 0 spiro atoms. The van der Waals surface area contributed by atoms with Crippen molar-refractivity contribution in [1.29, 1.82) is 0 Å². The molecule has 0 radical (unpaired) electrons. The van der Waals surface area contributed by atoms with Gasteiger partial charge in [0.05, 0.1) is 22.5 Å². The van der Waals surface area contributed by atoms with E-state index in [1.807, 2.05) is 6.07 Å². The van der Waals surface area contributed by atoms with E-state index in [-0.39, 0.29) is 24.9 Å². The highest BCUT2D eigenvalue weighted by Gasteiger charge is 2.50. The molecule has 0 bridgehead atoms. The normalized spacial score (nSPS) is 17.1. The third kappa shape index (κ3) is 10.9. The van der Waals surface area contributed by atoms with Crippen LogP contribution in [0.4, 0.5) is 22.0 Å². The lowest BCUT2D eigenvalue weighted by atomic mass is 9.85. The summed E-state index contributed by atoms with van der Waals surface area (Å²) in [6, 6.07) is 4.85. The highest BCUT2D eigenvalue weighted by atomic mass is 32.2. The molecule has 1 aromatic heterocycles. The van der Waals surface area contributed by atoms with Crippen LogP contribution in [0.2, 0.25) is 25.7 Å². The fourth-order valence-corrected chi connectivity index (χ4v) is 6.35. The molecule has 7 nitrogen and oxygen atoms in total. The lowest BCUT2D eigenvalue weighted by Gasteiger charge is -2.34. The average Bonchev–Trinajstić information content (AvgIpc) is 3.67. The summed E-state index contributed by atoms with van der Waals surface area (Å²) in [5.41, 5.74) is -0.261. The summed E-state index contributed by atoms with van der Waals surface area (Å²) in [7, 11) is -1.44. The molecule has 1 amide bonds. The third-order valence-electron chi connectivity index (χ3n) is 7.98. The predicted molar refractivity (Wildman–Crippen MR) is 171 cm³/mol. The van der Waals surface area contributed by atoms with Crippen molar-refractivity contribution < 1.29 is 36.0 Å². The predicted octanol–water partition coefficient (Wildman–Crippen LogP) is 8.03. The maximum Gasteiger partial charge on any atom is 0.394 e. The molecule has 256 valence electrons. The van der Waals surface area contributed by atoms with Crippen molar-refractivity contribution in [3.63, 3.8) is 0 Å². The molecule has 14 heteroatoms. The van der Waals surface area contributed by atoms with Crippen molar-refractivity contribution in [2.45, 2.75) is 129 Å². The first-order chi connectivity index (χ1) is 20.6. The van der Waals surface area contributed by atoms with E-state index >= 15 is 0 Å². The number of hydrogen-bond donors (Lipinski definition) is 2. The second-order valence-electron chi connectivity index (χ2n) is 14.9. The number of hydrogen-bond acceptors (Lipinski definition) is 5. The molecule has 3 atom stereocenters. The van der Waals surface area contributed by atoms with Crippen LogP contribution < -0.4 is 10.0 Å². The van der Waals surface area contributed by atoms with Crippen LogP contribution in [0.15, 0.2) is 18.2 Å². The Bertz CT molecular complexity index is 1290. The molecule has 1 aromatic carbocycles. The monoisotopic (exact) mass is 680 g/mol. The molecule has 0 aliphatic heterocycles. The summed E-state index contributed by atoms with van der Waals surface area (Å²) in [6.07, 6.45) is -6.58. The zero-order chi connectivity index (χ0) is 34.0. The first-order valence-electron chi connectivity index (χ1n) is 15.5. The van der Waals surface area contributed by atoms with E-state index in [2.05, 4.69) is 29.7 Å². The Morgan fingerprint density at radius 3 is 2.33 bits per heavy atom. The van der Waals surface area contributed by atoms with Gasteiger partial charge in [0, 0.05) is 38.9 Å². The van der Waals surface area contributed by atoms with E-state index in [0.29, 0.717) is 17.6 Å². The second kappa shape index (κ2) is 14.6. The summed E-state index contributed by atoms with van der Waals surface area (Å²) >= 11 is -1.71. The SMILES string of the molecule is CC(C)(C)[S@@+]([O-])N[C@@H](CC(C)(C)C(F)(F)F)c1nc2ccc([C@H](NC(=O)CCC(F)F)C3CC3)cc2n1COCC[Si](C)(C)C. The van der Waals surface area contributed by atoms with Gasteiger partial charge in [-0.1, -0.05) is 39.6 Å². The number of aromatic nitrogens is 2. The van der Waals surface area contributed by atoms with Gasteiger partial charge in [0.25, 0.3) is 0 Å². The molecule has 0 saturated heterocycles. The highest BCUT2D eigenvalue weighted by Crippen LogP contribution is 2.45. The number of carbonyl (C=O) groups is 1. The van der Waals surface area contributed by atoms with E-state index in [4.69, 9.17) is 9.72 Å². The molecule has 1 fully saturated rings. The van der Waals surface area contributed by atoms with E-state index in [1.165, 1.54) is 0 Å². The summed E-state index contributed by atoms with van der Waals surface area (Å²) in [4.78, 5) is 17.3.